The normalized spacial score (nSPS) is 16.9. The first-order valence-electron chi connectivity index (χ1n) is 9.28. The van der Waals surface area contributed by atoms with Gasteiger partial charge in [-0.2, -0.15) is 0 Å². The lowest BCUT2D eigenvalue weighted by Gasteiger charge is -2.32. The Morgan fingerprint density at radius 3 is 2.52 bits per heavy atom. The zero-order chi connectivity index (χ0) is 18.6. The molecule has 0 fully saturated rings. The molecule has 0 spiro atoms. The predicted molar refractivity (Wildman–Crippen MR) is 101 cm³/mol. The summed E-state index contributed by atoms with van der Waals surface area (Å²) in [4.78, 5) is 25.1. The number of allylic oxidation sites excluding steroid dienone is 2. The molecule has 0 aromatic heterocycles. The van der Waals surface area contributed by atoms with Gasteiger partial charge in [-0.3, -0.25) is 9.59 Å². The molecule has 136 valence electrons. The molecular weight excluding hydrogens is 312 g/mol. The van der Waals surface area contributed by atoms with Crippen molar-refractivity contribution in [2.45, 2.75) is 73.1 Å². The molecule has 0 atom stereocenters. The Hall–Kier alpha value is -1.90. The van der Waals surface area contributed by atoms with Crippen molar-refractivity contribution in [2.75, 3.05) is 0 Å². The van der Waals surface area contributed by atoms with Gasteiger partial charge < -0.3 is 4.74 Å². The number of carbonyl (C=O) groups is 2. The first-order valence-corrected chi connectivity index (χ1v) is 9.28. The molecule has 2 rings (SSSR count). The van der Waals surface area contributed by atoms with Gasteiger partial charge in [-0.15, -0.1) is 0 Å². The van der Waals surface area contributed by atoms with E-state index in [4.69, 9.17) is 4.74 Å². The lowest BCUT2D eigenvalue weighted by molar-refractivity contribution is -0.140. The second kappa shape index (κ2) is 7.99. The molecular formula is C22H30O3. The van der Waals surface area contributed by atoms with Gasteiger partial charge in [0.15, 0.2) is 5.78 Å². The van der Waals surface area contributed by atoms with Crippen LogP contribution in [0.1, 0.15) is 76.0 Å². The van der Waals surface area contributed by atoms with Crippen molar-refractivity contribution in [1.29, 1.82) is 0 Å². The van der Waals surface area contributed by atoms with Crippen LogP contribution >= 0.6 is 0 Å². The number of rotatable bonds is 6. The molecule has 0 aliphatic heterocycles. The molecule has 0 N–H and O–H groups in total. The number of benzene rings is 1. The highest BCUT2D eigenvalue weighted by molar-refractivity contribution is 6.22. The van der Waals surface area contributed by atoms with Crippen LogP contribution in [0.2, 0.25) is 0 Å². The average molecular weight is 342 g/mol. The number of hydrogen-bond acceptors (Lipinski definition) is 3. The summed E-state index contributed by atoms with van der Waals surface area (Å²) in [5, 5.41) is 0. The molecule has 1 aliphatic carbocycles. The molecule has 0 heterocycles. The molecule has 0 saturated heterocycles. The van der Waals surface area contributed by atoms with Crippen molar-refractivity contribution in [1.82, 2.24) is 0 Å². The standard InChI is InChI=1S/C22H30O3/c1-6-7-8-9-20(24)25-19-14-22(4,5)13-18(23)21(19)17-11-10-15(2)12-16(17)3/h10-12H,6-9,13-14H2,1-5H3. The maximum absolute atomic E-state index is 12.9. The second-order valence-corrected chi connectivity index (χ2v) is 7.99. The molecule has 0 radical (unpaired) electrons. The minimum Gasteiger partial charge on any atom is -0.430 e. The number of aryl methyl sites for hydroxylation is 2. The van der Waals surface area contributed by atoms with E-state index in [0.717, 1.165) is 36.0 Å². The number of carbonyl (C=O) groups excluding carboxylic acids is 2. The molecule has 3 heteroatoms. The first kappa shape index (κ1) is 19.4. The van der Waals surface area contributed by atoms with Crippen LogP contribution < -0.4 is 0 Å². The fourth-order valence-electron chi connectivity index (χ4n) is 3.45. The van der Waals surface area contributed by atoms with Crippen molar-refractivity contribution < 1.29 is 14.3 Å². The van der Waals surface area contributed by atoms with E-state index in [1.54, 1.807) is 0 Å². The molecule has 1 aliphatic rings. The maximum atomic E-state index is 12.9. The molecule has 3 nitrogen and oxygen atoms in total. The summed E-state index contributed by atoms with van der Waals surface area (Å²) in [5.74, 6) is 0.394. The highest BCUT2D eigenvalue weighted by Gasteiger charge is 2.36. The molecule has 0 bridgehead atoms. The van der Waals surface area contributed by atoms with Gasteiger partial charge in [0, 0.05) is 19.3 Å². The van der Waals surface area contributed by atoms with Gasteiger partial charge in [0.2, 0.25) is 0 Å². The van der Waals surface area contributed by atoms with E-state index in [1.807, 2.05) is 26.0 Å². The Morgan fingerprint density at radius 2 is 1.88 bits per heavy atom. The Morgan fingerprint density at radius 1 is 1.16 bits per heavy atom. The highest BCUT2D eigenvalue weighted by atomic mass is 16.5. The van der Waals surface area contributed by atoms with Crippen LogP contribution in [0.4, 0.5) is 0 Å². The Kier molecular flexibility index (Phi) is 6.21. The van der Waals surface area contributed by atoms with E-state index < -0.39 is 0 Å². The summed E-state index contributed by atoms with van der Waals surface area (Å²) >= 11 is 0. The van der Waals surface area contributed by atoms with Crippen molar-refractivity contribution in [2.24, 2.45) is 5.41 Å². The third kappa shape index (κ3) is 5.04. The maximum Gasteiger partial charge on any atom is 0.310 e. The Labute approximate surface area is 151 Å². The third-order valence-corrected chi connectivity index (χ3v) is 4.71. The number of hydrogen-bond donors (Lipinski definition) is 0. The van der Waals surface area contributed by atoms with Crippen LogP contribution in [0.15, 0.2) is 24.0 Å². The van der Waals surface area contributed by atoms with Crippen LogP contribution in [0, 0.1) is 19.3 Å². The average Bonchev–Trinajstić information content (AvgIpc) is 2.48. The number of esters is 1. The van der Waals surface area contributed by atoms with Gasteiger partial charge in [0.05, 0.1) is 5.57 Å². The van der Waals surface area contributed by atoms with Gasteiger partial charge in [0.1, 0.15) is 5.76 Å². The Bertz CT molecular complexity index is 695. The van der Waals surface area contributed by atoms with Crippen LogP contribution in [-0.4, -0.2) is 11.8 Å². The molecule has 1 aromatic carbocycles. The molecule has 0 saturated carbocycles. The summed E-state index contributed by atoms with van der Waals surface area (Å²) in [5.41, 5.74) is 3.51. The number of ketones is 1. The number of ether oxygens (including phenoxy) is 1. The largest absolute Gasteiger partial charge is 0.430 e. The quantitative estimate of drug-likeness (QED) is 0.504. The summed E-state index contributed by atoms with van der Waals surface area (Å²) in [7, 11) is 0. The fourth-order valence-corrected chi connectivity index (χ4v) is 3.45. The van der Waals surface area contributed by atoms with Crippen LogP contribution in [0.25, 0.3) is 5.57 Å². The van der Waals surface area contributed by atoms with Gasteiger partial charge in [-0.25, -0.2) is 0 Å². The monoisotopic (exact) mass is 342 g/mol. The van der Waals surface area contributed by atoms with E-state index in [2.05, 4.69) is 26.8 Å². The lowest BCUT2D eigenvalue weighted by Crippen LogP contribution is -2.27. The van der Waals surface area contributed by atoms with Crippen molar-refractivity contribution in [3.63, 3.8) is 0 Å². The molecule has 1 aromatic rings. The second-order valence-electron chi connectivity index (χ2n) is 7.99. The lowest BCUT2D eigenvalue weighted by atomic mass is 9.74. The van der Waals surface area contributed by atoms with Crippen LogP contribution in [0.3, 0.4) is 0 Å². The van der Waals surface area contributed by atoms with E-state index in [0.29, 0.717) is 30.6 Å². The summed E-state index contributed by atoms with van der Waals surface area (Å²) in [6.45, 7) is 10.2. The number of unbranched alkanes of at least 4 members (excludes halogenated alkanes) is 2. The summed E-state index contributed by atoms with van der Waals surface area (Å²) in [6.07, 6.45) is 4.41. The molecule has 25 heavy (non-hydrogen) atoms. The molecule has 0 unspecified atom stereocenters. The predicted octanol–water partition coefficient (Wildman–Crippen LogP) is 5.53. The summed E-state index contributed by atoms with van der Waals surface area (Å²) < 4.78 is 5.72. The summed E-state index contributed by atoms with van der Waals surface area (Å²) in [6, 6.07) is 6.04. The van der Waals surface area contributed by atoms with Crippen molar-refractivity contribution in [3.05, 3.63) is 40.6 Å². The topological polar surface area (TPSA) is 43.4 Å². The van der Waals surface area contributed by atoms with E-state index in [-0.39, 0.29) is 17.2 Å². The van der Waals surface area contributed by atoms with E-state index >= 15 is 0 Å². The highest BCUT2D eigenvalue weighted by Crippen LogP contribution is 2.41. The zero-order valence-electron chi connectivity index (χ0n) is 16.2. The van der Waals surface area contributed by atoms with Gasteiger partial charge >= 0.3 is 5.97 Å². The van der Waals surface area contributed by atoms with Gasteiger partial charge in [-0.1, -0.05) is 57.4 Å². The van der Waals surface area contributed by atoms with E-state index in [9.17, 15) is 9.59 Å². The van der Waals surface area contributed by atoms with Crippen LogP contribution in [-0.2, 0) is 14.3 Å². The number of Topliss-reactive ketones (excluding diaryl/α,β-unsaturated/α-hetero) is 1. The minimum absolute atomic E-state index is 0.0690. The smallest absolute Gasteiger partial charge is 0.310 e. The Balaban J connectivity index is 2.38. The SMILES string of the molecule is CCCCCC(=O)OC1=C(c2ccc(C)cc2C)C(=O)CC(C)(C)C1. The molecule has 0 amide bonds. The fraction of sp³-hybridized carbons (Fsp3) is 0.545. The first-order chi connectivity index (χ1) is 11.7. The van der Waals surface area contributed by atoms with E-state index in [1.165, 1.54) is 0 Å². The third-order valence-electron chi connectivity index (χ3n) is 4.71. The van der Waals surface area contributed by atoms with Gasteiger partial charge in [0.25, 0.3) is 0 Å². The van der Waals surface area contributed by atoms with Crippen molar-refractivity contribution >= 4 is 17.3 Å². The van der Waals surface area contributed by atoms with Gasteiger partial charge in [-0.05, 0) is 36.8 Å². The van der Waals surface area contributed by atoms with Crippen molar-refractivity contribution in [3.8, 4) is 0 Å². The minimum atomic E-state index is -0.226. The van der Waals surface area contributed by atoms with Crippen LogP contribution in [0.5, 0.6) is 0 Å². The zero-order valence-corrected chi connectivity index (χ0v) is 16.2.